The van der Waals surface area contributed by atoms with E-state index < -0.39 is 0 Å². The summed E-state index contributed by atoms with van der Waals surface area (Å²) in [5.74, 6) is 0. The van der Waals surface area contributed by atoms with Crippen LogP contribution in [0.3, 0.4) is 0 Å². The van der Waals surface area contributed by atoms with Gasteiger partial charge in [0.1, 0.15) is 0 Å². The number of halogens is 1. The van der Waals surface area contributed by atoms with Crippen LogP contribution < -0.4 is 0 Å². The van der Waals surface area contributed by atoms with Gasteiger partial charge in [-0.15, -0.1) is 0 Å². The van der Waals surface area contributed by atoms with Gasteiger partial charge in [-0.25, -0.2) is 0 Å². The number of aromatic nitrogens is 3. The topological polar surface area (TPSA) is 41.6 Å². The molecule has 0 amide bonds. The molecule has 0 unspecified atom stereocenters. The SMILES string of the molecule is Cc1n[nH]nc1Cc1ccc(Cl)cc1. The summed E-state index contributed by atoms with van der Waals surface area (Å²) in [4.78, 5) is 0. The highest BCUT2D eigenvalue weighted by Gasteiger charge is 2.03. The van der Waals surface area contributed by atoms with Crippen molar-refractivity contribution in [1.82, 2.24) is 15.4 Å². The van der Waals surface area contributed by atoms with E-state index >= 15 is 0 Å². The lowest BCUT2D eigenvalue weighted by molar-refractivity contribution is 0.912. The number of aromatic amines is 1. The van der Waals surface area contributed by atoms with Crippen LogP contribution in [-0.4, -0.2) is 15.4 Å². The first kappa shape index (κ1) is 9.21. The fourth-order valence-electron chi connectivity index (χ4n) is 1.27. The Hall–Kier alpha value is -1.35. The summed E-state index contributed by atoms with van der Waals surface area (Å²) in [6.07, 6.45) is 0.791. The second-order valence-corrected chi connectivity index (χ2v) is 3.60. The lowest BCUT2D eigenvalue weighted by atomic mass is 10.1. The minimum Gasteiger partial charge on any atom is -0.197 e. The molecule has 1 aromatic carbocycles. The molecule has 3 nitrogen and oxygen atoms in total. The highest BCUT2D eigenvalue weighted by molar-refractivity contribution is 6.30. The number of rotatable bonds is 2. The maximum absolute atomic E-state index is 5.79. The van der Waals surface area contributed by atoms with Crippen molar-refractivity contribution in [3.8, 4) is 0 Å². The van der Waals surface area contributed by atoms with Gasteiger partial charge in [0.05, 0.1) is 11.4 Å². The van der Waals surface area contributed by atoms with Crippen LogP contribution >= 0.6 is 11.6 Å². The average molecular weight is 208 g/mol. The minimum absolute atomic E-state index is 0.755. The molecule has 0 saturated heterocycles. The molecule has 0 spiro atoms. The van der Waals surface area contributed by atoms with Crippen molar-refractivity contribution in [2.45, 2.75) is 13.3 Å². The molecular formula is C10H10ClN3. The first-order chi connectivity index (χ1) is 6.75. The highest BCUT2D eigenvalue weighted by Crippen LogP contribution is 2.13. The standard InChI is InChI=1S/C10H10ClN3/c1-7-10(13-14-12-7)6-8-2-4-9(11)5-3-8/h2-5H,6H2,1H3,(H,12,13,14). The van der Waals surface area contributed by atoms with E-state index in [2.05, 4.69) is 15.4 Å². The second kappa shape index (κ2) is 3.80. The van der Waals surface area contributed by atoms with Crippen molar-refractivity contribution in [2.24, 2.45) is 0 Å². The van der Waals surface area contributed by atoms with Crippen molar-refractivity contribution in [2.75, 3.05) is 0 Å². The Balaban J connectivity index is 2.19. The fraction of sp³-hybridized carbons (Fsp3) is 0.200. The number of nitrogens with zero attached hydrogens (tertiary/aromatic N) is 2. The lowest BCUT2D eigenvalue weighted by Crippen LogP contribution is -1.90. The van der Waals surface area contributed by atoms with E-state index in [1.807, 2.05) is 31.2 Å². The predicted molar refractivity (Wildman–Crippen MR) is 55.4 cm³/mol. The van der Waals surface area contributed by atoms with E-state index in [4.69, 9.17) is 11.6 Å². The molecule has 0 radical (unpaired) electrons. The van der Waals surface area contributed by atoms with Gasteiger partial charge in [-0.2, -0.15) is 15.4 Å². The van der Waals surface area contributed by atoms with Crippen LogP contribution in [0.1, 0.15) is 17.0 Å². The minimum atomic E-state index is 0.755. The quantitative estimate of drug-likeness (QED) is 0.822. The predicted octanol–water partition coefficient (Wildman–Crippen LogP) is 2.36. The Morgan fingerprint density at radius 3 is 2.50 bits per heavy atom. The summed E-state index contributed by atoms with van der Waals surface area (Å²) in [6, 6.07) is 7.76. The van der Waals surface area contributed by atoms with E-state index in [1.165, 1.54) is 5.56 Å². The molecule has 4 heteroatoms. The number of nitrogens with one attached hydrogen (secondary N) is 1. The molecular weight excluding hydrogens is 198 g/mol. The van der Waals surface area contributed by atoms with Crippen LogP contribution in [0.2, 0.25) is 5.02 Å². The Bertz CT molecular complexity index is 419. The summed E-state index contributed by atoms with van der Waals surface area (Å²) in [5, 5.41) is 11.4. The third kappa shape index (κ3) is 1.93. The molecule has 0 fully saturated rings. The van der Waals surface area contributed by atoms with Crippen LogP contribution in [0.4, 0.5) is 0 Å². The van der Waals surface area contributed by atoms with Gasteiger partial charge in [-0.1, -0.05) is 23.7 Å². The molecule has 1 aromatic heterocycles. The summed E-state index contributed by atoms with van der Waals surface area (Å²) in [5.41, 5.74) is 3.11. The van der Waals surface area contributed by atoms with Crippen molar-refractivity contribution >= 4 is 11.6 Å². The molecule has 0 atom stereocenters. The maximum Gasteiger partial charge on any atom is 0.0897 e. The zero-order valence-corrected chi connectivity index (χ0v) is 8.54. The number of H-pyrrole nitrogens is 1. The Morgan fingerprint density at radius 2 is 1.93 bits per heavy atom. The molecule has 0 saturated carbocycles. The van der Waals surface area contributed by atoms with Gasteiger partial charge in [-0.3, -0.25) is 0 Å². The summed E-state index contributed by atoms with van der Waals surface area (Å²) in [6.45, 7) is 1.94. The van der Waals surface area contributed by atoms with Crippen LogP contribution in [0.15, 0.2) is 24.3 Å². The fourth-order valence-corrected chi connectivity index (χ4v) is 1.39. The van der Waals surface area contributed by atoms with Gasteiger partial charge in [0.2, 0.25) is 0 Å². The largest absolute Gasteiger partial charge is 0.197 e. The van der Waals surface area contributed by atoms with Crippen LogP contribution in [-0.2, 0) is 6.42 Å². The Labute approximate surface area is 87.1 Å². The van der Waals surface area contributed by atoms with Crippen molar-refractivity contribution in [3.05, 3.63) is 46.2 Å². The Morgan fingerprint density at radius 1 is 1.21 bits per heavy atom. The van der Waals surface area contributed by atoms with E-state index in [-0.39, 0.29) is 0 Å². The Kier molecular flexibility index (Phi) is 2.50. The van der Waals surface area contributed by atoms with Gasteiger partial charge in [0.15, 0.2) is 0 Å². The molecule has 1 heterocycles. The number of hydrogen-bond donors (Lipinski definition) is 1. The van der Waals surface area contributed by atoms with E-state index in [9.17, 15) is 0 Å². The van der Waals surface area contributed by atoms with E-state index in [0.29, 0.717) is 0 Å². The van der Waals surface area contributed by atoms with E-state index in [1.54, 1.807) is 0 Å². The summed E-state index contributed by atoms with van der Waals surface area (Å²) in [7, 11) is 0. The molecule has 0 aliphatic rings. The molecule has 2 rings (SSSR count). The second-order valence-electron chi connectivity index (χ2n) is 3.16. The zero-order valence-electron chi connectivity index (χ0n) is 7.79. The third-order valence-corrected chi connectivity index (χ3v) is 2.36. The third-order valence-electron chi connectivity index (χ3n) is 2.11. The van der Waals surface area contributed by atoms with Gasteiger partial charge in [-0.05, 0) is 24.6 Å². The number of aryl methyl sites for hydroxylation is 1. The maximum atomic E-state index is 5.79. The van der Waals surface area contributed by atoms with Gasteiger partial charge in [0, 0.05) is 11.4 Å². The van der Waals surface area contributed by atoms with E-state index in [0.717, 1.165) is 22.8 Å². The van der Waals surface area contributed by atoms with Crippen molar-refractivity contribution < 1.29 is 0 Å². The molecule has 0 bridgehead atoms. The van der Waals surface area contributed by atoms with Gasteiger partial charge >= 0.3 is 0 Å². The normalized spacial score (nSPS) is 10.4. The summed E-state index contributed by atoms with van der Waals surface area (Å²) < 4.78 is 0. The molecule has 0 aliphatic heterocycles. The molecule has 1 N–H and O–H groups in total. The molecule has 0 aliphatic carbocycles. The molecule has 2 aromatic rings. The molecule has 72 valence electrons. The zero-order chi connectivity index (χ0) is 9.97. The number of benzene rings is 1. The van der Waals surface area contributed by atoms with Crippen LogP contribution in [0.25, 0.3) is 0 Å². The number of hydrogen-bond acceptors (Lipinski definition) is 2. The summed E-state index contributed by atoms with van der Waals surface area (Å²) >= 11 is 5.79. The van der Waals surface area contributed by atoms with Crippen LogP contribution in [0, 0.1) is 6.92 Å². The molecule has 14 heavy (non-hydrogen) atoms. The first-order valence-electron chi connectivity index (χ1n) is 4.36. The van der Waals surface area contributed by atoms with Gasteiger partial charge < -0.3 is 0 Å². The monoisotopic (exact) mass is 207 g/mol. The first-order valence-corrected chi connectivity index (χ1v) is 4.74. The van der Waals surface area contributed by atoms with Crippen LogP contribution in [0.5, 0.6) is 0 Å². The highest BCUT2D eigenvalue weighted by atomic mass is 35.5. The lowest BCUT2D eigenvalue weighted by Gasteiger charge is -1.98. The van der Waals surface area contributed by atoms with Crippen molar-refractivity contribution in [3.63, 3.8) is 0 Å². The van der Waals surface area contributed by atoms with Gasteiger partial charge in [0.25, 0.3) is 0 Å². The average Bonchev–Trinajstić information content (AvgIpc) is 2.56. The van der Waals surface area contributed by atoms with Crippen molar-refractivity contribution in [1.29, 1.82) is 0 Å². The smallest absolute Gasteiger partial charge is 0.0897 e.